The van der Waals surface area contributed by atoms with E-state index in [1.165, 1.54) is 5.56 Å². The van der Waals surface area contributed by atoms with Crippen LogP contribution in [0.4, 0.5) is 0 Å². The quantitative estimate of drug-likeness (QED) is 0.889. The Balaban J connectivity index is 1.58. The lowest BCUT2D eigenvalue weighted by atomic mass is 10.1. The van der Waals surface area contributed by atoms with Crippen LogP contribution in [0.15, 0.2) is 35.4 Å². The molecule has 0 spiro atoms. The Hall–Kier alpha value is -2.14. The minimum atomic E-state index is 0.0154. The fourth-order valence-electron chi connectivity index (χ4n) is 3.10. The van der Waals surface area contributed by atoms with Crippen molar-refractivity contribution in [3.63, 3.8) is 0 Å². The smallest absolute Gasteiger partial charge is 0.256 e. The number of fused-ring (bicyclic) bond motifs is 2. The number of aromatic nitrogens is 2. The predicted molar refractivity (Wildman–Crippen MR) is 78.5 cm³/mol. The fourth-order valence-corrected chi connectivity index (χ4v) is 3.10. The first-order valence-corrected chi connectivity index (χ1v) is 7.34. The number of nitrogens with one attached hydrogen (secondary N) is 1. The monoisotopic (exact) mass is 283 g/mol. The molecule has 4 rings (SSSR count). The van der Waals surface area contributed by atoms with Gasteiger partial charge in [0.25, 0.3) is 5.56 Å². The van der Waals surface area contributed by atoms with E-state index < -0.39 is 0 Å². The number of para-hydroxylation sites is 1. The van der Waals surface area contributed by atoms with Crippen molar-refractivity contribution in [3.05, 3.63) is 57.8 Å². The molecule has 108 valence electrons. The van der Waals surface area contributed by atoms with Crippen molar-refractivity contribution in [2.24, 2.45) is 0 Å². The van der Waals surface area contributed by atoms with Crippen LogP contribution in [0.2, 0.25) is 0 Å². The molecule has 1 atom stereocenters. The van der Waals surface area contributed by atoms with Crippen molar-refractivity contribution >= 4 is 0 Å². The summed E-state index contributed by atoms with van der Waals surface area (Å²) in [5, 5.41) is 3.24. The molecule has 0 aliphatic carbocycles. The van der Waals surface area contributed by atoms with Crippen molar-refractivity contribution < 1.29 is 4.74 Å². The van der Waals surface area contributed by atoms with Crippen LogP contribution in [-0.4, -0.2) is 22.2 Å². The third-order valence-corrected chi connectivity index (χ3v) is 4.18. The summed E-state index contributed by atoms with van der Waals surface area (Å²) in [6, 6.07) is 8.05. The van der Waals surface area contributed by atoms with Crippen molar-refractivity contribution in [1.82, 2.24) is 14.9 Å². The zero-order valence-corrected chi connectivity index (χ0v) is 11.7. The molecule has 1 N–H and O–H groups in total. The van der Waals surface area contributed by atoms with Crippen LogP contribution < -0.4 is 15.6 Å². The Bertz CT molecular complexity index is 714. The van der Waals surface area contributed by atoms with Crippen LogP contribution in [0.5, 0.6) is 5.75 Å². The predicted octanol–water partition coefficient (Wildman–Crippen LogP) is 0.893. The van der Waals surface area contributed by atoms with E-state index in [0.717, 1.165) is 36.4 Å². The van der Waals surface area contributed by atoms with Gasteiger partial charge in [0.1, 0.15) is 11.9 Å². The van der Waals surface area contributed by atoms with E-state index in [1.54, 1.807) is 10.9 Å². The number of benzene rings is 1. The van der Waals surface area contributed by atoms with Crippen LogP contribution in [0.25, 0.3) is 0 Å². The minimum absolute atomic E-state index is 0.0154. The van der Waals surface area contributed by atoms with E-state index in [0.29, 0.717) is 13.1 Å². The molecule has 1 aromatic carbocycles. The highest BCUT2D eigenvalue weighted by Crippen LogP contribution is 2.28. The summed E-state index contributed by atoms with van der Waals surface area (Å²) in [6.45, 7) is 2.09. The van der Waals surface area contributed by atoms with Gasteiger partial charge in [-0.2, -0.15) is 0 Å². The van der Waals surface area contributed by atoms with Gasteiger partial charge in [-0.15, -0.1) is 0 Å². The molecule has 0 saturated heterocycles. The molecule has 2 aromatic rings. The van der Waals surface area contributed by atoms with Gasteiger partial charge in [-0.3, -0.25) is 9.36 Å². The molecule has 5 heteroatoms. The lowest BCUT2D eigenvalue weighted by molar-refractivity contribution is 0.206. The summed E-state index contributed by atoms with van der Waals surface area (Å²) in [7, 11) is 0. The van der Waals surface area contributed by atoms with Gasteiger partial charge in [-0.1, -0.05) is 18.2 Å². The van der Waals surface area contributed by atoms with E-state index >= 15 is 0 Å². The summed E-state index contributed by atoms with van der Waals surface area (Å²) >= 11 is 0. The second-order valence-corrected chi connectivity index (χ2v) is 5.61. The largest absolute Gasteiger partial charge is 0.488 e. The third kappa shape index (κ3) is 2.23. The van der Waals surface area contributed by atoms with Crippen LogP contribution in [-0.2, 0) is 25.9 Å². The minimum Gasteiger partial charge on any atom is -0.488 e. The maximum Gasteiger partial charge on any atom is 0.256 e. The van der Waals surface area contributed by atoms with Gasteiger partial charge in [0.05, 0.1) is 18.6 Å². The Kier molecular flexibility index (Phi) is 3.00. The highest BCUT2D eigenvalue weighted by atomic mass is 16.5. The van der Waals surface area contributed by atoms with Gasteiger partial charge in [0, 0.05) is 18.5 Å². The maximum atomic E-state index is 12.5. The zero-order valence-electron chi connectivity index (χ0n) is 11.7. The molecule has 1 aromatic heterocycles. The SMILES string of the molecule is O=c1c2c(ncn1CC1Cc3ccccc3O1)CNCC2. The maximum absolute atomic E-state index is 12.5. The summed E-state index contributed by atoms with van der Waals surface area (Å²) in [4.78, 5) is 16.9. The molecule has 0 fully saturated rings. The van der Waals surface area contributed by atoms with Crippen LogP contribution in [0, 0.1) is 0 Å². The standard InChI is InChI=1S/C16H17N3O2/c20-16-13-5-6-17-8-14(13)18-10-19(16)9-12-7-11-3-1-2-4-15(11)21-12/h1-4,10,12,17H,5-9H2. The van der Waals surface area contributed by atoms with Crippen LogP contribution >= 0.6 is 0 Å². The first-order chi connectivity index (χ1) is 10.3. The molecular weight excluding hydrogens is 266 g/mol. The topological polar surface area (TPSA) is 56.2 Å². The number of rotatable bonds is 2. The molecule has 21 heavy (non-hydrogen) atoms. The molecule has 1 unspecified atom stereocenters. The van der Waals surface area contributed by atoms with Gasteiger partial charge in [-0.25, -0.2) is 4.98 Å². The van der Waals surface area contributed by atoms with Gasteiger partial charge in [-0.05, 0) is 24.6 Å². The van der Waals surface area contributed by atoms with Crippen molar-refractivity contribution in [2.75, 3.05) is 6.54 Å². The number of nitrogens with zero attached hydrogens (tertiary/aromatic N) is 2. The lowest BCUT2D eigenvalue weighted by Gasteiger charge is -2.18. The highest BCUT2D eigenvalue weighted by Gasteiger charge is 2.24. The van der Waals surface area contributed by atoms with Crippen molar-refractivity contribution in [1.29, 1.82) is 0 Å². The zero-order chi connectivity index (χ0) is 14.2. The third-order valence-electron chi connectivity index (χ3n) is 4.18. The second kappa shape index (κ2) is 5.00. The number of hydrogen-bond donors (Lipinski definition) is 1. The summed E-state index contributed by atoms with van der Waals surface area (Å²) < 4.78 is 7.61. The van der Waals surface area contributed by atoms with Gasteiger partial charge >= 0.3 is 0 Å². The molecule has 0 amide bonds. The van der Waals surface area contributed by atoms with Crippen LogP contribution in [0.1, 0.15) is 16.8 Å². The molecule has 0 bridgehead atoms. The molecule has 2 aliphatic rings. The van der Waals surface area contributed by atoms with Crippen LogP contribution in [0.3, 0.4) is 0 Å². The molecule has 5 nitrogen and oxygen atoms in total. The summed E-state index contributed by atoms with van der Waals surface area (Å²) in [5.41, 5.74) is 3.04. The second-order valence-electron chi connectivity index (χ2n) is 5.61. The van der Waals surface area contributed by atoms with Gasteiger partial charge < -0.3 is 10.1 Å². The molecule has 3 heterocycles. The van der Waals surface area contributed by atoms with E-state index in [9.17, 15) is 4.79 Å². The fraction of sp³-hybridized carbons (Fsp3) is 0.375. The van der Waals surface area contributed by atoms with E-state index in [2.05, 4.69) is 16.4 Å². The van der Waals surface area contributed by atoms with E-state index in [-0.39, 0.29) is 11.7 Å². The lowest BCUT2D eigenvalue weighted by Crippen LogP contribution is -2.36. The number of hydrogen-bond acceptors (Lipinski definition) is 4. The van der Waals surface area contributed by atoms with E-state index in [4.69, 9.17) is 4.74 Å². The molecule has 0 saturated carbocycles. The van der Waals surface area contributed by atoms with Gasteiger partial charge in [0.15, 0.2) is 0 Å². The van der Waals surface area contributed by atoms with E-state index in [1.807, 2.05) is 18.2 Å². The molecule has 0 radical (unpaired) electrons. The molecular formula is C16H17N3O2. The highest BCUT2D eigenvalue weighted by molar-refractivity contribution is 5.37. The Morgan fingerprint density at radius 1 is 1.38 bits per heavy atom. The first-order valence-electron chi connectivity index (χ1n) is 7.34. The Morgan fingerprint density at radius 3 is 3.19 bits per heavy atom. The average molecular weight is 283 g/mol. The summed E-state index contributed by atoms with van der Waals surface area (Å²) in [6.07, 6.45) is 3.27. The Labute approximate surface area is 122 Å². The average Bonchev–Trinajstić information content (AvgIpc) is 2.93. The summed E-state index contributed by atoms with van der Waals surface area (Å²) in [5.74, 6) is 0.936. The Morgan fingerprint density at radius 2 is 2.29 bits per heavy atom. The van der Waals surface area contributed by atoms with Crippen molar-refractivity contribution in [2.45, 2.75) is 32.0 Å². The first kappa shape index (κ1) is 12.6. The van der Waals surface area contributed by atoms with Crippen molar-refractivity contribution in [3.8, 4) is 5.75 Å². The molecule has 2 aliphatic heterocycles. The number of ether oxygens (including phenoxy) is 1. The van der Waals surface area contributed by atoms with Gasteiger partial charge in [0.2, 0.25) is 0 Å². The normalized spacial score (nSPS) is 19.7.